The summed E-state index contributed by atoms with van der Waals surface area (Å²) in [6.07, 6.45) is 2.65. The molecule has 0 saturated carbocycles. The second kappa shape index (κ2) is 6.52. The summed E-state index contributed by atoms with van der Waals surface area (Å²) in [5, 5.41) is 2.95. The molecule has 2 aromatic rings. The van der Waals surface area contributed by atoms with Gasteiger partial charge in [-0.1, -0.05) is 25.1 Å². The Kier molecular flexibility index (Phi) is 4.56. The molecule has 1 aliphatic rings. The zero-order valence-corrected chi connectivity index (χ0v) is 15.4. The highest BCUT2D eigenvalue weighted by Gasteiger charge is 2.32. The van der Waals surface area contributed by atoms with Crippen LogP contribution >= 0.6 is 0 Å². The number of nitrogens with zero attached hydrogens (tertiary/aromatic N) is 1. The fraction of sp³-hybridized carbons (Fsp3) is 0.316. The molecular weight excluding hydrogens is 336 g/mol. The van der Waals surface area contributed by atoms with Crippen molar-refractivity contribution in [2.24, 2.45) is 0 Å². The zero-order valence-electron chi connectivity index (χ0n) is 14.6. The van der Waals surface area contributed by atoms with E-state index in [0.717, 1.165) is 23.2 Å². The second-order valence-corrected chi connectivity index (χ2v) is 8.28. The maximum Gasteiger partial charge on any atom is 0.255 e. The largest absolute Gasteiger partial charge is 0.322 e. The van der Waals surface area contributed by atoms with E-state index in [9.17, 15) is 13.2 Å². The Morgan fingerprint density at radius 3 is 2.64 bits per heavy atom. The first-order valence-corrected chi connectivity index (χ1v) is 10.2. The standard InChI is InChI=1S/C19H22N2O3S/c1-4-14-7-5-6-8-17(14)20-19(22)15-9-10-18-16(12-15)11-13(2)21(18)25(3,23)24/h5-10,12-13H,4,11H2,1-3H3,(H,20,22)/t13-/m1/s1. The third-order valence-corrected chi connectivity index (χ3v) is 5.77. The molecule has 0 fully saturated rings. The van der Waals surface area contributed by atoms with Gasteiger partial charge in [-0.3, -0.25) is 9.10 Å². The molecule has 0 unspecified atom stereocenters. The van der Waals surface area contributed by atoms with Gasteiger partial charge in [-0.2, -0.15) is 0 Å². The topological polar surface area (TPSA) is 66.5 Å². The first-order chi connectivity index (χ1) is 11.8. The summed E-state index contributed by atoms with van der Waals surface area (Å²) in [5.41, 5.74) is 3.97. The van der Waals surface area contributed by atoms with Gasteiger partial charge in [0, 0.05) is 17.3 Å². The molecule has 0 bridgehead atoms. The quantitative estimate of drug-likeness (QED) is 0.913. The normalized spacial score (nSPS) is 16.6. The molecular formula is C19H22N2O3S. The van der Waals surface area contributed by atoms with Crippen LogP contribution in [0.15, 0.2) is 42.5 Å². The molecule has 3 rings (SSSR count). The predicted octanol–water partition coefficient (Wildman–Crippen LogP) is 3.21. The van der Waals surface area contributed by atoms with Crippen molar-refractivity contribution in [2.75, 3.05) is 15.9 Å². The number of hydrogen-bond donors (Lipinski definition) is 1. The molecule has 5 nitrogen and oxygen atoms in total. The molecule has 1 atom stereocenters. The average molecular weight is 358 g/mol. The van der Waals surface area contributed by atoms with Crippen LogP contribution in [0.5, 0.6) is 0 Å². The SMILES string of the molecule is CCc1ccccc1NC(=O)c1ccc2c(c1)C[C@@H](C)N2S(C)(=O)=O. The van der Waals surface area contributed by atoms with Gasteiger partial charge in [0.05, 0.1) is 11.9 Å². The van der Waals surface area contributed by atoms with Crippen LogP contribution in [-0.2, 0) is 22.9 Å². The summed E-state index contributed by atoms with van der Waals surface area (Å²) in [7, 11) is -3.32. The molecule has 0 spiro atoms. The third kappa shape index (κ3) is 3.39. The van der Waals surface area contributed by atoms with Gasteiger partial charge in [0.1, 0.15) is 0 Å². The fourth-order valence-corrected chi connectivity index (χ4v) is 4.66. The summed E-state index contributed by atoms with van der Waals surface area (Å²) < 4.78 is 25.4. The minimum absolute atomic E-state index is 0.135. The minimum atomic E-state index is -3.32. The van der Waals surface area contributed by atoms with E-state index < -0.39 is 10.0 Å². The van der Waals surface area contributed by atoms with E-state index in [1.165, 1.54) is 10.6 Å². The molecule has 1 heterocycles. The van der Waals surface area contributed by atoms with Gasteiger partial charge in [-0.25, -0.2) is 8.42 Å². The highest BCUT2D eigenvalue weighted by atomic mass is 32.2. The molecule has 1 amide bonds. The van der Waals surface area contributed by atoms with E-state index in [1.807, 2.05) is 38.1 Å². The first-order valence-electron chi connectivity index (χ1n) is 8.33. The van der Waals surface area contributed by atoms with E-state index in [2.05, 4.69) is 5.32 Å². The summed E-state index contributed by atoms with van der Waals surface area (Å²) in [6, 6.07) is 12.8. The number of nitrogens with one attached hydrogen (secondary N) is 1. The van der Waals surface area contributed by atoms with Crippen molar-refractivity contribution >= 4 is 27.3 Å². The Hall–Kier alpha value is -2.34. The van der Waals surface area contributed by atoms with Gasteiger partial charge >= 0.3 is 0 Å². The first kappa shape index (κ1) is 17.5. The lowest BCUT2D eigenvalue weighted by Gasteiger charge is -2.21. The van der Waals surface area contributed by atoms with Crippen molar-refractivity contribution in [3.05, 3.63) is 59.2 Å². The van der Waals surface area contributed by atoms with Crippen molar-refractivity contribution in [2.45, 2.75) is 32.7 Å². The van der Waals surface area contributed by atoms with E-state index in [0.29, 0.717) is 17.7 Å². The summed E-state index contributed by atoms with van der Waals surface area (Å²) in [4.78, 5) is 12.6. The Morgan fingerprint density at radius 2 is 1.96 bits per heavy atom. The third-order valence-electron chi connectivity index (χ3n) is 4.50. The van der Waals surface area contributed by atoms with Crippen LogP contribution in [0.1, 0.15) is 35.3 Å². The summed E-state index contributed by atoms with van der Waals surface area (Å²) >= 11 is 0. The van der Waals surface area contributed by atoms with Crippen LogP contribution in [0.25, 0.3) is 0 Å². The Balaban J connectivity index is 1.88. The number of hydrogen-bond acceptors (Lipinski definition) is 3. The van der Waals surface area contributed by atoms with Crippen molar-refractivity contribution < 1.29 is 13.2 Å². The average Bonchev–Trinajstić information content (AvgIpc) is 2.90. The highest BCUT2D eigenvalue weighted by Crippen LogP contribution is 2.34. The van der Waals surface area contributed by atoms with E-state index in [4.69, 9.17) is 0 Å². The molecule has 0 saturated heterocycles. The van der Waals surface area contributed by atoms with Gasteiger partial charge < -0.3 is 5.32 Å². The summed E-state index contributed by atoms with van der Waals surface area (Å²) in [6.45, 7) is 3.92. The second-order valence-electron chi connectivity index (χ2n) is 6.42. The number of amides is 1. The van der Waals surface area contributed by atoms with Gasteiger partial charge in [0.2, 0.25) is 10.0 Å². The molecule has 132 valence electrons. The Morgan fingerprint density at radius 1 is 1.24 bits per heavy atom. The van der Waals surface area contributed by atoms with Crippen LogP contribution < -0.4 is 9.62 Å². The smallest absolute Gasteiger partial charge is 0.255 e. The van der Waals surface area contributed by atoms with Crippen LogP contribution in [0.4, 0.5) is 11.4 Å². The van der Waals surface area contributed by atoms with Gasteiger partial charge in [0.25, 0.3) is 5.91 Å². The molecule has 2 aromatic carbocycles. The van der Waals surface area contributed by atoms with Crippen molar-refractivity contribution in [1.82, 2.24) is 0 Å². The van der Waals surface area contributed by atoms with Gasteiger partial charge in [-0.05, 0) is 55.2 Å². The number of benzene rings is 2. The zero-order chi connectivity index (χ0) is 18.2. The summed E-state index contributed by atoms with van der Waals surface area (Å²) in [5.74, 6) is -0.186. The monoisotopic (exact) mass is 358 g/mol. The number of anilines is 2. The predicted molar refractivity (Wildman–Crippen MR) is 101 cm³/mol. The molecule has 25 heavy (non-hydrogen) atoms. The number of fused-ring (bicyclic) bond motifs is 1. The van der Waals surface area contributed by atoms with E-state index in [-0.39, 0.29) is 11.9 Å². The molecule has 0 radical (unpaired) electrons. The highest BCUT2D eigenvalue weighted by molar-refractivity contribution is 7.92. The van der Waals surface area contributed by atoms with Crippen molar-refractivity contribution in [1.29, 1.82) is 0 Å². The van der Waals surface area contributed by atoms with Gasteiger partial charge in [0.15, 0.2) is 0 Å². The molecule has 6 heteroatoms. The van der Waals surface area contributed by atoms with Crippen LogP contribution in [0.3, 0.4) is 0 Å². The lowest BCUT2D eigenvalue weighted by atomic mass is 10.1. The Labute approximate surface area is 148 Å². The van der Waals surface area contributed by atoms with Crippen LogP contribution in [0.2, 0.25) is 0 Å². The minimum Gasteiger partial charge on any atom is -0.322 e. The number of rotatable bonds is 4. The molecule has 1 N–H and O–H groups in total. The number of sulfonamides is 1. The maximum atomic E-state index is 12.6. The number of carbonyl (C=O) groups excluding carboxylic acids is 1. The van der Waals surface area contributed by atoms with E-state index in [1.54, 1.807) is 18.2 Å². The van der Waals surface area contributed by atoms with Gasteiger partial charge in [-0.15, -0.1) is 0 Å². The lowest BCUT2D eigenvalue weighted by Crippen LogP contribution is -2.34. The fourth-order valence-electron chi connectivity index (χ4n) is 3.39. The number of carbonyl (C=O) groups is 1. The molecule has 0 aliphatic carbocycles. The number of aryl methyl sites for hydroxylation is 1. The van der Waals surface area contributed by atoms with Crippen LogP contribution in [-0.4, -0.2) is 26.6 Å². The molecule has 0 aromatic heterocycles. The van der Waals surface area contributed by atoms with E-state index >= 15 is 0 Å². The lowest BCUT2D eigenvalue weighted by molar-refractivity contribution is 0.102. The Bertz CT molecular complexity index is 922. The van der Waals surface area contributed by atoms with Crippen LogP contribution in [0, 0.1) is 0 Å². The van der Waals surface area contributed by atoms with Crippen molar-refractivity contribution in [3.63, 3.8) is 0 Å². The number of para-hydroxylation sites is 1. The van der Waals surface area contributed by atoms with Crippen molar-refractivity contribution in [3.8, 4) is 0 Å². The maximum absolute atomic E-state index is 12.6. The molecule has 1 aliphatic heterocycles.